The first kappa shape index (κ1) is 17.0. The standard InChI is InChI=1S/C22H18N2O3S/c25-28(26,24-19-10-7-15-3-1-2-4-18(15)13-19)20-11-8-16(9-12-20)21-14-23-22(27-21)17-5-6-17/h1-4,7-14,17,24H,5-6H2. The third kappa shape index (κ3) is 3.27. The van der Waals surface area contributed by atoms with E-state index in [0.717, 1.165) is 35.1 Å². The van der Waals surface area contributed by atoms with Crippen molar-refractivity contribution in [2.45, 2.75) is 23.7 Å². The second-order valence-electron chi connectivity index (χ2n) is 7.03. The molecule has 1 aliphatic rings. The molecular weight excluding hydrogens is 372 g/mol. The number of anilines is 1. The normalized spacial score (nSPS) is 14.3. The number of nitrogens with one attached hydrogen (secondary N) is 1. The van der Waals surface area contributed by atoms with Gasteiger partial charge in [-0.3, -0.25) is 4.72 Å². The van der Waals surface area contributed by atoms with Crippen molar-refractivity contribution in [2.24, 2.45) is 0 Å². The van der Waals surface area contributed by atoms with Gasteiger partial charge in [-0.25, -0.2) is 13.4 Å². The van der Waals surface area contributed by atoms with Gasteiger partial charge < -0.3 is 4.42 Å². The predicted octanol–water partition coefficient (Wildman–Crippen LogP) is 5.17. The van der Waals surface area contributed by atoms with Crippen LogP contribution in [0.15, 0.2) is 82.2 Å². The molecule has 140 valence electrons. The van der Waals surface area contributed by atoms with Gasteiger partial charge >= 0.3 is 0 Å². The Balaban J connectivity index is 1.38. The molecule has 1 saturated carbocycles. The third-order valence-corrected chi connectivity index (χ3v) is 6.30. The summed E-state index contributed by atoms with van der Waals surface area (Å²) < 4.78 is 33.9. The molecule has 28 heavy (non-hydrogen) atoms. The first-order chi connectivity index (χ1) is 13.6. The van der Waals surface area contributed by atoms with Crippen LogP contribution in [0.1, 0.15) is 24.7 Å². The lowest BCUT2D eigenvalue weighted by Gasteiger charge is -2.09. The van der Waals surface area contributed by atoms with Crippen molar-refractivity contribution in [3.8, 4) is 11.3 Å². The summed E-state index contributed by atoms with van der Waals surface area (Å²) in [6.07, 6.45) is 3.94. The molecule has 1 fully saturated rings. The summed E-state index contributed by atoms with van der Waals surface area (Å²) in [6.45, 7) is 0. The summed E-state index contributed by atoms with van der Waals surface area (Å²) in [5.74, 6) is 1.87. The Morgan fingerprint density at radius 1 is 0.929 bits per heavy atom. The number of benzene rings is 3. The molecule has 4 aromatic rings. The predicted molar refractivity (Wildman–Crippen MR) is 109 cm³/mol. The number of nitrogens with zero attached hydrogens (tertiary/aromatic N) is 1. The molecule has 1 aromatic heterocycles. The minimum absolute atomic E-state index is 0.200. The van der Waals surface area contributed by atoms with Gasteiger partial charge in [0.25, 0.3) is 10.0 Å². The maximum absolute atomic E-state index is 12.7. The Morgan fingerprint density at radius 3 is 2.43 bits per heavy atom. The largest absolute Gasteiger partial charge is 0.440 e. The first-order valence-corrected chi connectivity index (χ1v) is 10.6. The number of hydrogen-bond donors (Lipinski definition) is 1. The van der Waals surface area contributed by atoms with E-state index in [9.17, 15) is 8.42 Å². The van der Waals surface area contributed by atoms with Crippen LogP contribution in [0.2, 0.25) is 0 Å². The molecule has 1 N–H and O–H groups in total. The summed E-state index contributed by atoms with van der Waals surface area (Å²) in [4.78, 5) is 4.51. The van der Waals surface area contributed by atoms with Crippen LogP contribution in [-0.4, -0.2) is 13.4 Å². The number of sulfonamides is 1. The molecule has 5 nitrogen and oxygen atoms in total. The highest BCUT2D eigenvalue weighted by Crippen LogP contribution is 2.40. The SMILES string of the molecule is O=S(=O)(Nc1ccc2ccccc2c1)c1ccc(-c2cnc(C3CC3)o2)cc1. The molecule has 0 aliphatic heterocycles. The molecule has 0 atom stereocenters. The maximum Gasteiger partial charge on any atom is 0.261 e. The Morgan fingerprint density at radius 2 is 1.68 bits per heavy atom. The lowest BCUT2D eigenvalue weighted by Crippen LogP contribution is -2.12. The quantitative estimate of drug-likeness (QED) is 0.510. The van der Waals surface area contributed by atoms with Crippen LogP contribution >= 0.6 is 0 Å². The fourth-order valence-corrected chi connectivity index (χ4v) is 4.25. The topological polar surface area (TPSA) is 72.2 Å². The van der Waals surface area contributed by atoms with Gasteiger partial charge in [-0.05, 0) is 60.0 Å². The molecular formula is C22H18N2O3S. The molecule has 1 heterocycles. The Labute approximate surface area is 163 Å². The summed E-state index contributed by atoms with van der Waals surface area (Å²) in [5, 5.41) is 2.04. The average molecular weight is 390 g/mol. The van der Waals surface area contributed by atoms with Gasteiger partial charge in [0, 0.05) is 17.2 Å². The van der Waals surface area contributed by atoms with Crippen molar-refractivity contribution in [1.29, 1.82) is 0 Å². The molecule has 0 spiro atoms. The monoisotopic (exact) mass is 390 g/mol. The molecule has 0 unspecified atom stereocenters. The smallest absolute Gasteiger partial charge is 0.261 e. The highest BCUT2D eigenvalue weighted by atomic mass is 32.2. The fourth-order valence-electron chi connectivity index (χ4n) is 3.21. The lowest BCUT2D eigenvalue weighted by molar-refractivity contribution is 0.509. The zero-order valence-electron chi connectivity index (χ0n) is 15.0. The minimum atomic E-state index is -3.68. The highest BCUT2D eigenvalue weighted by Gasteiger charge is 2.28. The van der Waals surface area contributed by atoms with Crippen LogP contribution in [0.3, 0.4) is 0 Å². The fraction of sp³-hybridized carbons (Fsp3) is 0.136. The third-order valence-electron chi connectivity index (χ3n) is 4.90. The van der Waals surface area contributed by atoms with Crippen molar-refractivity contribution >= 4 is 26.5 Å². The number of hydrogen-bond acceptors (Lipinski definition) is 4. The summed E-state index contributed by atoms with van der Waals surface area (Å²) >= 11 is 0. The van der Waals surface area contributed by atoms with Gasteiger partial charge in [0.05, 0.1) is 11.1 Å². The van der Waals surface area contributed by atoms with Gasteiger partial charge in [-0.15, -0.1) is 0 Å². The van der Waals surface area contributed by atoms with Crippen molar-refractivity contribution in [1.82, 2.24) is 4.98 Å². The second kappa shape index (κ2) is 6.49. The Hall–Kier alpha value is -3.12. The zero-order valence-corrected chi connectivity index (χ0v) is 15.8. The van der Waals surface area contributed by atoms with Crippen LogP contribution in [0.5, 0.6) is 0 Å². The summed E-state index contributed by atoms with van der Waals surface area (Å²) in [5.41, 5.74) is 1.34. The van der Waals surface area contributed by atoms with E-state index in [0.29, 0.717) is 17.4 Å². The summed E-state index contributed by atoms with van der Waals surface area (Å²) in [7, 11) is -3.68. The number of aromatic nitrogens is 1. The Kier molecular flexibility index (Phi) is 3.94. The van der Waals surface area contributed by atoms with Crippen LogP contribution in [0.4, 0.5) is 5.69 Å². The van der Waals surface area contributed by atoms with Crippen molar-refractivity contribution in [2.75, 3.05) is 4.72 Å². The average Bonchev–Trinajstić information content (AvgIpc) is 3.44. The number of fused-ring (bicyclic) bond motifs is 1. The van der Waals surface area contributed by atoms with E-state index in [1.165, 1.54) is 0 Å². The van der Waals surface area contributed by atoms with Crippen LogP contribution < -0.4 is 4.72 Å². The van der Waals surface area contributed by atoms with Crippen LogP contribution in [-0.2, 0) is 10.0 Å². The van der Waals surface area contributed by atoms with E-state index in [-0.39, 0.29) is 4.90 Å². The molecule has 0 saturated heterocycles. The highest BCUT2D eigenvalue weighted by molar-refractivity contribution is 7.92. The van der Waals surface area contributed by atoms with Gasteiger partial charge in [0.15, 0.2) is 11.7 Å². The van der Waals surface area contributed by atoms with Crippen LogP contribution in [0, 0.1) is 0 Å². The first-order valence-electron chi connectivity index (χ1n) is 9.16. The van der Waals surface area contributed by atoms with E-state index >= 15 is 0 Å². The minimum Gasteiger partial charge on any atom is -0.440 e. The van der Waals surface area contributed by atoms with E-state index in [1.54, 1.807) is 36.5 Å². The number of oxazole rings is 1. The molecule has 5 rings (SSSR count). The lowest BCUT2D eigenvalue weighted by atomic mass is 10.1. The molecule has 6 heteroatoms. The summed E-state index contributed by atoms with van der Waals surface area (Å²) in [6, 6.07) is 20.0. The van der Waals surface area contributed by atoms with Crippen LogP contribution in [0.25, 0.3) is 22.1 Å². The van der Waals surface area contributed by atoms with E-state index in [1.807, 2.05) is 36.4 Å². The van der Waals surface area contributed by atoms with Crippen molar-refractivity contribution in [3.05, 3.63) is 78.8 Å². The van der Waals surface area contributed by atoms with Crippen molar-refractivity contribution < 1.29 is 12.8 Å². The second-order valence-corrected chi connectivity index (χ2v) is 8.71. The van der Waals surface area contributed by atoms with E-state index in [4.69, 9.17) is 4.42 Å². The van der Waals surface area contributed by atoms with Crippen molar-refractivity contribution in [3.63, 3.8) is 0 Å². The number of rotatable bonds is 5. The molecule has 0 radical (unpaired) electrons. The zero-order chi connectivity index (χ0) is 19.1. The molecule has 3 aromatic carbocycles. The van der Waals surface area contributed by atoms with Gasteiger partial charge in [-0.1, -0.05) is 30.3 Å². The molecule has 1 aliphatic carbocycles. The molecule has 0 bridgehead atoms. The van der Waals surface area contributed by atoms with Gasteiger partial charge in [0.1, 0.15) is 0 Å². The Bertz CT molecular complexity index is 1260. The maximum atomic E-state index is 12.7. The van der Waals surface area contributed by atoms with Gasteiger partial charge in [-0.2, -0.15) is 0 Å². The van der Waals surface area contributed by atoms with Gasteiger partial charge in [0.2, 0.25) is 0 Å². The van der Waals surface area contributed by atoms with E-state index < -0.39 is 10.0 Å². The van der Waals surface area contributed by atoms with E-state index in [2.05, 4.69) is 9.71 Å². The molecule has 0 amide bonds.